The minimum atomic E-state index is -1.44. The molecule has 1 fully saturated rings. The second-order valence-corrected chi connectivity index (χ2v) is 8.68. The van der Waals surface area contributed by atoms with Crippen LogP contribution in [-0.2, 0) is 11.2 Å². The molecule has 140 valence electrons. The van der Waals surface area contributed by atoms with Gasteiger partial charge >= 0.3 is 0 Å². The minimum absolute atomic E-state index is 0.125. The highest BCUT2D eigenvalue weighted by atomic mass is 79.9. The summed E-state index contributed by atoms with van der Waals surface area (Å²) in [7, 11) is 0. The number of aliphatic hydroxyl groups is 1. The average Bonchev–Trinajstić information content (AvgIpc) is 3.09. The summed E-state index contributed by atoms with van der Waals surface area (Å²) in [4.78, 5) is 4.46. The number of hydrogen-bond donors (Lipinski definition) is 1. The van der Waals surface area contributed by atoms with Gasteiger partial charge in [0.05, 0.1) is 5.02 Å². The van der Waals surface area contributed by atoms with Crippen LogP contribution in [0.4, 0.5) is 0 Å². The Balaban J connectivity index is 1.82. The van der Waals surface area contributed by atoms with Crippen LogP contribution in [0.25, 0.3) is 0 Å². The molecule has 3 aromatic rings. The van der Waals surface area contributed by atoms with Gasteiger partial charge in [-0.2, -0.15) is 0 Å². The van der Waals surface area contributed by atoms with Crippen LogP contribution < -0.4 is 4.74 Å². The standard InChI is InChI=1S/C23H17BrClNO2/c1-14-11-19(15-5-3-2-4-6-15)23(16-7-9-17(24)10-8-16)22(14,27)21-20(28-23)12-18(25)13-26-21/h2-10,12-13,19,27H,1,11H2. The van der Waals surface area contributed by atoms with Crippen molar-refractivity contribution in [2.75, 3.05) is 0 Å². The number of hydrogen-bond acceptors (Lipinski definition) is 3. The molecule has 0 amide bonds. The van der Waals surface area contributed by atoms with Gasteiger partial charge in [0, 0.05) is 22.7 Å². The fraction of sp³-hybridized carbons (Fsp3) is 0.174. The van der Waals surface area contributed by atoms with Crippen molar-refractivity contribution in [1.29, 1.82) is 0 Å². The molecule has 2 aliphatic rings. The maximum absolute atomic E-state index is 12.1. The van der Waals surface area contributed by atoms with E-state index in [0.717, 1.165) is 15.6 Å². The number of halogens is 2. The maximum atomic E-state index is 12.1. The monoisotopic (exact) mass is 453 g/mol. The molecule has 3 atom stereocenters. The first kappa shape index (κ1) is 17.9. The molecule has 1 saturated carbocycles. The van der Waals surface area contributed by atoms with Crippen LogP contribution in [-0.4, -0.2) is 10.1 Å². The summed E-state index contributed by atoms with van der Waals surface area (Å²) in [5, 5.41) is 12.6. The Morgan fingerprint density at radius 2 is 1.86 bits per heavy atom. The van der Waals surface area contributed by atoms with Crippen molar-refractivity contribution in [2.24, 2.45) is 0 Å². The Morgan fingerprint density at radius 3 is 2.57 bits per heavy atom. The van der Waals surface area contributed by atoms with Gasteiger partial charge in [-0.1, -0.05) is 76.6 Å². The Hall–Kier alpha value is -2.14. The van der Waals surface area contributed by atoms with Gasteiger partial charge in [0.1, 0.15) is 11.4 Å². The van der Waals surface area contributed by atoms with Crippen molar-refractivity contribution >= 4 is 27.5 Å². The van der Waals surface area contributed by atoms with Crippen LogP contribution in [0, 0.1) is 0 Å². The molecule has 0 radical (unpaired) electrons. The molecule has 2 heterocycles. The first-order chi connectivity index (χ1) is 13.5. The molecule has 5 heteroatoms. The highest BCUT2D eigenvalue weighted by Crippen LogP contribution is 2.67. The molecule has 3 nitrogen and oxygen atoms in total. The molecule has 3 unspecified atom stereocenters. The predicted octanol–water partition coefficient (Wildman–Crippen LogP) is 5.72. The van der Waals surface area contributed by atoms with E-state index in [4.69, 9.17) is 16.3 Å². The van der Waals surface area contributed by atoms with E-state index in [1.54, 1.807) is 12.3 Å². The number of pyridine rings is 1. The zero-order valence-corrected chi connectivity index (χ0v) is 17.2. The second-order valence-electron chi connectivity index (χ2n) is 7.33. The summed E-state index contributed by atoms with van der Waals surface area (Å²) < 4.78 is 7.55. The molecule has 1 aliphatic carbocycles. The molecule has 2 aromatic carbocycles. The summed E-state index contributed by atoms with van der Waals surface area (Å²) in [5.41, 5.74) is 0.621. The van der Waals surface area contributed by atoms with Gasteiger partial charge in [-0.15, -0.1) is 0 Å². The number of ether oxygens (including phenoxy) is 1. The Kier molecular flexibility index (Phi) is 3.96. The van der Waals surface area contributed by atoms with Gasteiger partial charge < -0.3 is 9.84 Å². The van der Waals surface area contributed by atoms with E-state index in [0.29, 0.717) is 28.5 Å². The SMILES string of the molecule is C=C1CC(c2ccccc2)C2(c3ccc(Br)cc3)Oc3cc(Cl)cnc3C12O. The van der Waals surface area contributed by atoms with Crippen LogP contribution in [0.15, 0.2) is 83.5 Å². The van der Waals surface area contributed by atoms with Crippen molar-refractivity contribution in [3.63, 3.8) is 0 Å². The van der Waals surface area contributed by atoms with E-state index < -0.39 is 11.2 Å². The molecular formula is C23H17BrClNO2. The molecule has 0 spiro atoms. The molecule has 1 aliphatic heterocycles. The largest absolute Gasteiger partial charge is 0.476 e. The summed E-state index contributed by atoms with van der Waals surface area (Å²) in [6.45, 7) is 4.24. The molecule has 1 aromatic heterocycles. The third-order valence-electron chi connectivity index (χ3n) is 5.90. The number of nitrogens with zero attached hydrogens (tertiary/aromatic N) is 1. The Labute approximate surface area is 176 Å². The highest BCUT2D eigenvalue weighted by molar-refractivity contribution is 9.10. The average molecular weight is 455 g/mol. The molecular weight excluding hydrogens is 438 g/mol. The van der Waals surface area contributed by atoms with Crippen LogP contribution in [0.2, 0.25) is 5.02 Å². The normalized spacial score (nSPS) is 28.0. The van der Waals surface area contributed by atoms with E-state index in [1.807, 2.05) is 42.5 Å². The highest BCUT2D eigenvalue weighted by Gasteiger charge is 2.71. The van der Waals surface area contributed by atoms with E-state index in [-0.39, 0.29) is 5.92 Å². The fourth-order valence-electron chi connectivity index (χ4n) is 4.69. The molecule has 28 heavy (non-hydrogen) atoms. The van der Waals surface area contributed by atoms with Gasteiger partial charge in [-0.25, -0.2) is 0 Å². The number of benzene rings is 2. The van der Waals surface area contributed by atoms with Crippen LogP contribution in [0.3, 0.4) is 0 Å². The Morgan fingerprint density at radius 1 is 1.14 bits per heavy atom. The van der Waals surface area contributed by atoms with E-state index in [1.165, 1.54) is 0 Å². The topological polar surface area (TPSA) is 42.4 Å². The maximum Gasteiger partial charge on any atom is 0.179 e. The van der Waals surface area contributed by atoms with E-state index >= 15 is 0 Å². The molecule has 1 N–H and O–H groups in total. The predicted molar refractivity (Wildman–Crippen MR) is 113 cm³/mol. The van der Waals surface area contributed by atoms with E-state index in [2.05, 4.69) is 39.6 Å². The van der Waals surface area contributed by atoms with Gasteiger partial charge in [0.15, 0.2) is 11.2 Å². The van der Waals surface area contributed by atoms with Gasteiger partial charge in [0.2, 0.25) is 0 Å². The molecule has 0 saturated heterocycles. The van der Waals surface area contributed by atoms with Gasteiger partial charge in [-0.3, -0.25) is 4.98 Å². The van der Waals surface area contributed by atoms with Crippen molar-refractivity contribution in [2.45, 2.75) is 23.5 Å². The lowest BCUT2D eigenvalue weighted by Gasteiger charge is -2.39. The smallest absolute Gasteiger partial charge is 0.179 e. The summed E-state index contributed by atoms with van der Waals surface area (Å²) >= 11 is 9.67. The third kappa shape index (κ3) is 2.22. The van der Waals surface area contributed by atoms with Crippen LogP contribution in [0.1, 0.15) is 29.2 Å². The summed E-state index contributed by atoms with van der Waals surface area (Å²) in [6.07, 6.45) is 2.14. The van der Waals surface area contributed by atoms with Gasteiger partial charge in [0.25, 0.3) is 0 Å². The van der Waals surface area contributed by atoms with Crippen molar-refractivity contribution in [1.82, 2.24) is 4.98 Å². The molecule has 0 bridgehead atoms. The first-order valence-corrected chi connectivity index (χ1v) is 10.2. The zero-order valence-electron chi connectivity index (χ0n) is 14.9. The van der Waals surface area contributed by atoms with Crippen molar-refractivity contribution in [3.05, 3.63) is 105 Å². The number of fused-ring (bicyclic) bond motifs is 3. The minimum Gasteiger partial charge on any atom is -0.476 e. The zero-order chi connectivity index (χ0) is 19.5. The fourth-order valence-corrected chi connectivity index (χ4v) is 5.10. The summed E-state index contributed by atoms with van der Waals surface area (Å²) in [6, 6.07) is 19.7. The van der Waals surface area contributed by atoms with Gasteiger partial charge in [-0.05, 0) is 35.3 Å². The van der Waals surface area contributed by atoms with Crippen molar-refractivity contribution < 1.29 is 9.84 Å². The Bertz CT molecular complexity index is 1090. The third-order valence-corrected chi connectivity index (χ3v) is 6.63. The number of aromatic nitrogens is 1. The van der Waals surface area contributed by atoms with Crippen molar-refractivity contribution in [3.8, 4) is 5.75 Å². The number of rotatable bonds is 2. The van der Waals surface area contributed by atoms with Crippen LogP contribution in [0.5, 0.6) is 5.75 Å². The second kappa shape index (κ2) is 6.18. The lowest BCUT2D eigenvalue weighted by atomic mass is 9.72. The van der Waals surface area contributed by atoms with E-state index in [9.17, 15) is 5.11 Å². The quantitative estimate of drug-likeness (QED) is 0.504. The lowest BCUT2D eigenvalue weighted by molar-refractivity contribution is -0.0883. The lowest BCUT2D eigenvalue weighted by Crippen LogP contribution is -2.48. The first-order valence-electron chi connectivity index (χ1n) is 9.03. The van der Waals surface area contributed by atoms with Crippen LogP contribution >= 0.6 is 27.5 Å². The molecule has 5 rings (SSSR count). The summed E-state index contributed by atoms with van der Waals surface area (Å²) in [5.74, 6) is 0.375.